The first-order valence-electron chi connectivity index (χ1n) is 4.02. The molecule has 2 heterocycles. The van der Waals surface area contributed by atoms with Gasteiger partial charge in [0, 0.05) is 6.42 Å². The van der Waals surface area contributed by atoms with Crippen LogP contribution in [0.2, 0.25) is 0 Å². The maximum absolute atomic E-state index is 11.4. The molecule has 1 unspecified atom stereocenters. The van der Waals surface area contributed by atoms with E-state index in [0.29, 0.717) is 12.8 Å². The number of nitrogens with one attached hydrogen (secondary N) is 2. The van der Waals surface area contributed by atoms with Crippen molar-refractivity contribution in [2.75, 3.05) is 0 Å². The monoisotopic (exact) mass is 213 g/mol. The predicted octanol–water partition coefficient (Wildman–Crippen LogP) is -0.687. The molecule has 1 aromatic rings. The average Bonchev–Trinajstić information content (AvgIpc) is 2.52. The number of hydrogen-bond donors (Lipinski definition) is 2. The van der Waals surface area contributed by atoms with Gasteiger partial charge in [-0.05, 0) is 18.6 Å². The first-order chi connectivity index (χ1) is 6.68. The van der Waals surface area contributed by atoms with Gasteiger partial charge in [0.15, 0.2) is 0 Å². The first kappa shape index (κ1) is 9.00. The molecule has 2 rings (SSSR count). The van der Waals surface area contributed by atoms with Gasteiger partial charge < -0.3 is 0 Å². The van der Waals surface area contributed by atoms with Crippen LogP contribution in [0, 0.1) is 4.77 Å². The minimum absolute atomic E-state index is 0.208. The molecule has 74 valence electrons. The minimum Gasteiger partial charge on any atom is -0.295 e. The molecule has 14 heavy (non-hydrogen) atoms. The lowest BCUT2D eigenvalue weighted by atomic mass is 10.1. The molecule has 0 spiro atoms. The molecule has 7 nitrogen and oxygen atoms in total. The molecule has 0 bridgehead atoms. The number of imide groups is 1. The maximum atomic E-state index is 11.4. The minimum atomic E-state index is -0.504. The molecule has 1 atom stereocenters. The van der Waals surface area contributed by atoms with Gasteiger partial charge in [-0.25, -0.2) is 4.68 Å². The Morgan fingerprint density at radius 1 is 1.50 bits per heavy atom. The van der Waals surface area contributed by atoms with Gasteiger partial charge in [-0.15, -0.1) is 0 Å². The SMILES string of the molecule is O=C1CCC(n2[nH]nnc2=S)C(=O)N1. The lowest BCUT2D eigenvalue weighted by Gasteiger charge is -2.20. The van der Waals surface area contributed by atoms with Gasteiger partial charge in [0.1, 0.15) is 6.04 Å². The summed E-state index contributed by atoms with van der Waals surface area (Å²) in [7, 11) is 0. The second-order valence-electron chi connectivity index (χ2n) is 2.92. The number of carbonyl (C=O) groups excluding carboxylic acids is 2. The quantitative estimate of drug-likeness (QED) is 0.476. The summed E-state index contributed by atoms with van der Waals surface area (Å²) in [5.74, 6) is -0.631. The van der Waals surface area contributed by atoms with E-state index in [0.717, 1.165) is 0 Å². The molecule has 1 aliphatic rings. The molecule has 2 N–H and O–H groups in total. The van der Waals surface area contributed by atoms with Crippen molar-refractivity contribution >= 4 is 24.0 Å². The number of amides is 2. The molecular formula is C6H7N5O2S. The number of tetrazole rings is 1. The van der Waals surface area contributed by atoms with Crippen LogP contribution in [0.3, 0.4) is 0 Å². The Labute approximate surface area is 83.5 Å². The standard InChI is InChI=1S/C6H7N5O2S/c12-4-2-1-3(5(13)7-4)11-6(14)8-9-10-11/h3H,1-2H2,(H,7,12,13)(H,8,10,14). The zero-order valence-electron chi connectivity index (χ0n) is 7.06. The van der Waals surface area contributed by atoms with Crippen molar-refractivity contribution in [1.29, 1.82) is 0 Å². The summed E-state index contributed by atoms with van der Waals surface area (Å²) in [6, 6.07) is -0.504. The van der Waals surface area contributed by atoms with Crippen molar-refractivity contribution < 1.29 is 9.59 Å². The van der Waals surface area contributed by atoms with Crippen molar-refractivity contribution in [3.63, 3.8) is 0 Å². The van der Waals surface area contributed by atoms with E-state index in [2.05, 4.69) is 20.8 Å². The Kier molecular flexibility index (Phi) is 2.12. The van der Waals surface area contributed by atoms with Gasteiger partial charge in [0.25, 0.3) is 5.91 Å². The highest BCUT2D eigenvalue weighted by Gasteiger charge is 2.28. The van der Waals surface area contributed by atoms with Crippen LogP contribution in [0.4, 0.5) is 0 Å². The maximum Gasteiger partial charge on any atom is 0.251 e. The number of H-pyrrole nitrogens is 1. The highest BCUT2D eigenvalue weighted by atomic mass is 32.1. The molecule has 1 aromatic heterocycles. The summed E-state index contributed by atoms with van der Waals surface area (Å²) >= 11 is 4.84. The number of rotatable bonds is 1. The van der Waals surface area contributed by atoms with Crippen molar-refractivity contribution in [3.8, 4) is 0 Å². The van der Waals surface area contributed by atoms with E-state index in [1.54, 1.807) is 0 Å². The summed E-state index contributed by atoms with van der Waals surface area (Å²) in [6.07, 6.45) is 0.722. The Morgan fingerprint density at radius 3 is 2.86 bits per heavy atom. The highest BCUT2D eigenvalue weighted by molar-refractivity contribution is 7.71. The first-order valence-corrected chi connectivity index (χ1v) is 4.42. The summed E-state index contributed by atoms with van der Waals surface area (Å²) in [4.78, 5) is 22.2. The number of piperidine rings is 1. The second-order valence-corrected chi connectivity index (χ2v) is 3.28. The summed E-state index contributed by atoms with van der Waals surface area (Å²) in [6.45, 7) is 0. The zero-order chi connectivity index (χ0) is 10.1. The van der Waals surface area contributed by atoms with E-state index in [1.165, 1.54) is 4.68 Å². The van der Waals surface area contributed by atoms with Crippen molar-refractivity contribution in [1.82, 2.24) is 25.5 Å². The summed E-state index contributed by atoms with van der Waals surface area (Å²) < 4.78 is 1.58. The van der Waals surface area contributed by atoms with Crippen molar-refractivity contribution in [2.24, 2.45) is 0 Å². The molecule has 0 aromatic carbocycles. The summed E-state index contributed by atoms with van der Waals surface area (Å²) in [5, 5.41) is 11.7. The van der Waals surface area contributed by atoms with Crippen molar-refractivity contribution in [2.45, 2.75) is 18.9 Å². The molecule has 0 aliphatic carbocycles. The van der Waals surface area contributed by atoms with Crippen LogP contribution >= 0.6 is 12.2 Å². The fourth-order valence-electron chi connectivity index (χ4n) is 1.34. The molecule has 2 amide bonds. The Morgan fingerprint density at radius 2 is 2.29 bits per heavy atom. The van der Waals surface area contributed by atoms with Gasteiger partial charge in [-0.2, -0.15) is 5.21 Å². The van der Waals surface area contributed by atoms with E-state index in [-0.39, 0.29) is 16.6 Å². The Bertz CT molecular complexity index is 435. The smallest absolute Gasteiger partial charge is 0.251 e. The van der Waals surface area contributed by atoms with Gasteiger partial charge in [0.2, 0.25) is 10.7 Å². The fourth-order valence-corrected chi connectivity index (χ4v) is 1.54. The van der Waals surface area contributed by atoms with Gasteiger partial charge in [0.05, 0.1) is 0 Å². The number of nitrogens with zero attached hydrogens (tertiary/aromatic N) is 3. The van der Waals surface area contributed by atoms with E-state index >= 15 is 0 Å². The fraction of sp³-hybridized carbons (Fsp3) is 0.500. The van der Waals surface area contributed by atoms with Crippen LogP contribution < -0.4 is 5.32 Å². The van der Waals surface area contributed by atoms with Gasteiger partial charge in [-0.3, -0.25) is 14.9 Å². The van der Waals surface area contributed by atoms with Gasteiger partial charge in [-0.1, -0.05) is 10.3 Å². The van der Waals surface area contributed by atoms with Crippen molar-refractivity contribution in [3.05, 3.63) is 4.77 Å². The number of carbonyl (C=O) groups is 2. The average molecular weight is 213 g/mol. The lowest BCUT2D eigenvalue weighted by molar-refractivity contribution is -0.136. The number of aromatic nitrogens is 4. The molecule has 1 saturated heterocycles. The molecule has 0 saturated carbocycles. The molecule has 8 heteroatoms. The van der Waals surface area contributed by atoms with Crippen LogP contribution in [0.25, 0.3) is 0 Å². The molecular weight excluding hydrogens is 206 g/mol. The van der Waals surface area contributed by atoms with Gasteiger partial charge >= 0.3 is 0 Å². The summed E-state index contributed by atoms with van der Waals surface area (Å²) in [5.41, 5.74) is 0. The molecule has 1 fully saturated rings. The number of hydrogen-bond acceptors (Lipinski definition) is 5. The van der Waals surface area contributed by atoms with E-state index in [9.17, 15) is 9.59 Å². The topological polar surface area (TPSA) is 92.7 Å². The Hall–Kier alpha value is -1.57. The van der Waals surface area contributed by atoms with E-state index < -0.39 is 6.04 Å². The second kappa shape index (κ2) is 3.29. The number of aromatic amines is 1. The highest BCUT2D eigenvalue weighted by Crippen LogP contribution is 2.16. The third-order valence-corrected chi connectivity index (χ3v) is 2.29. The predicted molar refractivity (Wildman–Crippen MR) is 46.6 cm³/mol. The zero-order valence-corrected chi connectivity index (χ0v) is 7.87. The van der Waals surface area contributed by atoms with E-state index in [4.69, 9.17) is 12.2 Å². The van der Waals surface area contributed by atoms with Crippen LogP contribution in [-0.2, 0) is 9.59 Å². The van der Waals surface area contributed by atoms with Crippen LogP contribution in [-0.4, -0.2) is 32.0 Å². The third kappa shape index (κ3) is 1.43. The lowest BCUT2D eigenvalue weighted by Crippen LogP contribution is -2.42. The van der Waals surface area contributed by atoms with Crippen LogP contribution in [0.15, 0.2) is 0 Å². The third-order valence-electron chi connectivity index (χ3n) is 2.02. The molecule has 1 aliphatic heterocycles. The van der Waals surface area contributed by atoms with Crippen LogP contribution in [0.1, 0.15) is 18.9 Å². The van der Waals surface area contributed by atoms with Crippen LogP contribution in [0.5, 0.6) is 0 Å². The van der Waals surface area contributed by atoms with E-state index in [1.807, 2.05) is 0 Å². The molecule has 0 radical (unpaired) electrons. The normalized spacial score (nSPS) is 22.1. The largest absolute Gasteiger partial charge is 0.295 e. The Balaban J connectivity index is 2.28.